The van der Waals surface area contributed by atoms with E-state index in [0.29, 0.717) is 10.6 Å². The Kier molecular flexibility index (Phi) is 4.92. The first-order valence-electron chi connectivity index (χ1n) is 6.01. The van der Waals surface area contributed by atoms with Gasteiger partial charge in [0.05, 0.1) is 12.3 Å². The Labute approximate surface area is 131 Å². The van der Waals surface area contributed by atoms with Crippen LogP contribution in [0.5, 0.6) is 0 Å². The molecule has 0 atom stereocenters. The fraction of sp³-hybridized carbons (Fsp3) is 0.250. The van der Waals surface area contributed by atoms with E-state index in [1.165, 1.54) is 0 Å². The molecule has 2 rings (SSSR count). The molecule has 21 heavy (non-hydrogen) atoms. The molecule has 112 valence electrons. The lowest BCUT2D eigenvalue weighted by atomic mass is 10.2. The highest BCUT2D eigenvalue weighted by Crippen LogP contribution is 2.14. The van der Waals surface area contributed by atoms with Crippen LogP contribution in [0.1, 0.15) is 23.1 Å². The van der Waals surface area contributed by atoms with Crippen molar-refractivity contribution in [1.82, 2.24) is 14.7 Å². The number of aromatic nitrogens is 2. The van der Waals surface area contributed by atoms with Crippen molar-refractivity contribution in [3.63, 3.8) is 0 Å². The van der Waals surface area contributed by atoms with E-state index in [9.17, 15) is 13.2 Å². The molecule has 0 aliphatic carbocycles. The SMILES string of the molecule is CCS(=O)(=O)c1nc(CNC(=O)c2ccc(Cl)cc2)ns1. The van der Waals surface area contributed by atoms with Crippen LogP contribution in [0.3, 0.4) is 0 Å². The molecule has 0 spiro atoms. The Morgan fingerprint density at radius 3 is 2.62 bits per heavy atom. The van der Waals surface area contributed by atoms with Crippen LogP contribution in [0.4, 0.5) is 0 Å². The number of amides is 1. The molecular formula is C12H12ClN3O3S2. The maximum Gasteiger partial charge on any atom is 0.251 e. The molecule has 6 nitrogen and oxygen atoms in total. The van der Waals surface area contributed by atoms with E-state index in [1.807, 2.05) is 0 Å². The maximum absolute atomic E-state index is 11.9. The number of hydrogen-bond acceptors (Lipinski definition) is 6. The standard InChI is InChI=1S/C12H12ClN3O3S2/c1-2-21(18,19)12-15-10(16-20-12)7-14-11(17)8-3-5-9(13)6-4-8/h3-6H,2,7H2,1H3,(H,14,17). The van der Waals surface area contributed by atoms with Crippen LogP contribution in [-0.4, -0.2) is 29.4 Å². The molecule has 0 aliphatic rings. The second-order valence-electron chi connectivity index (χ2n) is 4.07. The van der Waals surface area contributed by atoms with E-state index < -0.39 is 9.84 Å². The third-order valence-electron chi connectivity index (χ3n) is 2.61. The fourth-order valence-corrected chi connectivity index (χ4v) is 3.39. The van der Waals surface area contributed by atoms with E-state index in [1.54, 1.807) is 31.2 Å². The molecule has 1 aromatic heterocycles. The van der Waals surface area contributed by atoms with Gasteiger partial charge in [-0.1, -0.05) is 18.5 Å². The Balaban J connectivity index is 2.00. The van der Waals surface area contributed by atoms with E-state index in [0.717, 1.165) is 11.5 Å². The summed E-state index contributed by atoms with van der Waals surface area (Å²) in [6.45, 7) is 1.61. The molecule has 0 bridgehead atoms. The summed E-state index contributed by atoms with van der Waals surface area (Å²) >= 11 is 6.55. The molecule has 0 aliphatic heterocycles. The number of carbonyl (C=O) groups excluding carboxylic acids is 1. The molecule has 0 saturated heterocycles. The summed E-state index contributed by atoms with van der Waals surface area (Å²) in [7, 11) is -3.36. The zero-order valence-corrected chi connectivity index (χ0v) is 13.4. The van der Waals surface area contributed by atoms with Crippen molar-refractivity contribution < 1.29 is 13.2 Å². The van der Waals surface area contributed by atoms with Crippen molar-refractivity contribution in [2.75, 3.05) is 5.75 Å². The average molecular weight is 346 g/mol. The highest BCUT2D eigenvalue weighted by molar-refractivity contribution is 7.93. The maximum atomic E-state index is 11.9. The number of nitrogens with zero attached hydrogens (tertiary/aromatic N) is 2. The summed E-state index contributed by atoms with van der Waals surface area (Å²) in [6, 6.07) is 6.42. The predicted octanol–water partition coefficient (Wildman–Crippen LogP) is 1.92. The monoisotopic (exact) mass is 345 g/mol. The third kappa shape index (κ3) is 3.99. The number of carbonyl (C=O) groups is 1. The minimum atomic E-state index is -3.36. The van der Waals surface area contributed by atoms with Crippen molar-refractivity contribution in [3.8, 4) is 0 Å². The topological polar surface area (TPSA) is 89.0 Å². The van der Waals surface area contributed by atoms with Gasteiger partial charge in [0.1, 0.15) is 0 Å². The number of hydrogen-bond donors (Lipinski definition) is 1. The lowest BCUT2D eigenvalue weighted by Gasteiger charge is -2.02. The molecular weight excluding hydrogens is 334 g/mol. The summed E-state index contributed by atoms with van der Waals surface area (Å²) in [5, 5.41) is 3.17. The third-order valence-corrected chi connectivity index (χ3v) is 5.78. The van der Waals surface area contributed by atoms with Gasteiger partial charge in [-0.2, -0.15) is 4.37 Å². The van der Waals surface area contributed by atoms with Crippen molar-refractivity contribution in [3.05, 3.63) is 40.7 Å². The number of benzene rings is 1. The average Bonchev–Trinajstić information content (AvgIpc) is 2.95. The van der Waals surface area contributed by atoms with E-state index in [4.69, 9.17) is 11.6 Å². The number of nitrogens with one attached hydrogen (secondary N) is 1. The lowest BCUT2D eigenvalue weighted by molar-refractivity contribution is 0.0950. The minimum absolute atomic E-state index is 0.0271. The van der Waals surface area contributed by atoms with Crippen LogP contribution in [0.2, 0.25) is 5.02 Å². The summed E-state index contributed by atoms with van der Waals surface area (Å²) in [6.07, 6.45) is 0. The molecule has 0 fully saturated rings. The van der Waals surface area contributed by atoms with Gasteiger partial charge in [-0.15, -0.1) is 0 Å². The summed E-state index contributed by atoms with van der Waals surface area (Å²) < 4.78 is 27.1. The largest absolute Gasteiger partial charge is 0.345 e. The van der Waals surface area contributed by atoms with Gasteiger partial charge in [-0.3, -0.25) is 4.79 Å². The van der Waals surface area contributed by atoms with Crippen LogP contribution in [-0.2, 0) is 16.4 Å². The van der Waals surface area contributed by atoms with Crippen LogP contribution in [0, 0.1) is 0 Å². The normalized spacial score (nSPS) is 11.3. The van der Waals surface area contributed by atoms with Gasteiger partial charge in [0.15, 0.2) is 5.82 Å². The lowest BCUT2D eigenvalue weighted by Crippen LogP contribution is -2.23. The smallest absolute Gasteiger partial charge is 0.251 e. The Hall–Kier alpha value is -1.51. The van der Waals surface area contributed by atoms with Gasteiger partial charge >= 0.3 is 0 Å². The first-order valence-corrected chi connectivity index (χ1v) is 8.82. The highest BCUT2D eigenvalue weighted by atomic mass is 35.5. The van der Waals surface area contributed by atoms with Gasteiger partial charge in [0, 0.05) is 10.6 Å². The summed E-state index contributed by atoms with van der Waals surface area (Å²) in [4.78, 5) is 15.8. The van der Waals surface area contributed by atoms with Crippen molar-refractivity contribution in [2.45, 2.75) is 17.8 Å². The van der Waals surface area contributed by atoms with Crippen LogP contribution >= 0.6 is 23.1 Å². The zero-order chi connectivity index (χ0) is 15.5. The van der Waals surface area contributed by atoms with Crippen LogP contribution in [0.25, 0.3) is 0 Å². The van der Waals surface area contributed by atoms with Gasteiger partial charge in [-0.05, 0) is 35.8 Å². The zero-order valence-electron chi connectivity index (χ0n) is 11.0. The Morgan fingerprint density at radius 2 is 2.00 bits per heavy atom. The number of rotatable bonds is 5. The van der Waals surface area contributed by atoms with E-state index >= 15 is 0 Å². The number of sulfone groups is 1. The van der Waals surface area contributed by atoms with Crippen molar-refractivity contribution >= 4 is 38.9 Å². The van der Waals surface area contributed by atoms with Gasteiger partial charge < -0.3 is 5.32 Å². The minimum Gasteiger partial charge on any atom is -0.345 e. The summed E-state index contributed by atoms with van der Waals surface area (Å²) in [5.41, 5.74) is 0.455. The molecule has 1 heterocycles. The summed E-state index contributed by atoms with van der Waals surface area (Å²) in [5.74, 6) is -0.0608. The van der Waals surface area contributed by atoms with E-state index in [-0.39, 0.29) is 28.4 Å². The van der Waals surface area contributed by atoms with Gasteiger partial charge in [0.25, 0.3) is 5.91 Å². The quantitative estimate of drug-likeness (QED) is 0.894. The molecule has 9 heteroatoms. The molecule has 0 saturated carbocycles. The molecule has 0 radical (unpaired) electrons. The van der Waals surface area contributed by atoms with Gasteiger partial charge in [-0.25, -0.2) is 13.4 Å². The molecule has 0 unspecified atom stereocenters. The van der Waals surface area contributed by atoms with Gasteiger partial charge in [0.2, 0.25) is 14.2 Å². The highest BCUT2D eigenvalue weighted by Gasteiger charge is 2.18. The van der Waals surface area contributed by atoms with Crippen LogP contribution in [0.15, 0.2) is 28.6 Å². The first kappa shape index (κ1) is 15.9. The van der Waals surface area contributed by atoms with Crippen molar-refractivity contribution in [1.29, 1.82) is 0 Å². The molecule has 1 N–H and O–H groups in total. The van der Waals surface area contributed by atoms with Crippen molar-refractivity contribution in [2.24, 2.45) is 0 Å². The second-order valence-corrected chi connectivity index (χ2v) is 7.71. The predicted molar refractivity (Wildman–Crippen MR) is 80.3 cm³/mol. The number of halogens is 1. The first-order chi connectivity index (χ1) is 9.92. The molecule has 2 aromatic rings. The Bertz CT molecular complexity index is 741. The van der Waals surface area contributed by atoms with E-state index in [2.05, 4.69) is 14.7 Å². The fourth-order valence-electron chi connectivity index (χ4n) is 1.42. The van der Waals surface area contributed by atoms with Crippen LogP contribution < -0.4 is 5.32 Å². The molecule has 1 amide bonds. The Morgan fingerprint density at radius 1 is 1.33 bits per heavy atom. The molecule has 1 aromatic carbocycles. The second kappa shape index (κ2) is 6.50.